The first-order valence-corrected chi connectivity index (χ1v) is 8.11. The molecule has 0 radical (unpaired) electrons. The van der Waals surface area contributed by atoms with Crippen molar-refractivity contribution in [3.05, 3.63) is 29.7 Å². The number of carbonyl (C=O) groups is 1. The molecule has 0 saturated carbocycles. The highest BCUT2D eigenvalue weighted by Crippen LogP contribution is 2.24. The van der Waals surface area contributed by atoms with Crippen molar-refractivity contribution in [2.75, 3.05) is 18.4 Å². The number of rotatable bonds is 5. The third-order valence-electron chi connectivity index (χ3n) is 4.25. The van der Waals surface area contributed by atoms with E-state index in [0.717, 1.165) is 32.5 Å². The number of hydrogen-bond acceptors (Lipinski definition) is 4. The molecule has 2 aromatic heterocycles. The average Bonchev–Trinajstić information content (AvgIpc) is 3.19. The monoisotopic (exact) mass is 316 g/mol. The minimum Gasteiger partial charge on any atom is -0.309 e. The van der Waals surface area contributed by atoms with Crippen LogP contribution in [0.2, 0.25) is 0 Å². The topological polar surface area (TPSA) is 68.0 Å². The van der Waals surface area contributed by atoms with Gasteiger partial charge in [-0.1, -0.05) is 6.92 Å². The highest BCUT2D eigenvalue weighted by atomic mass is 16.1. The molecule has 7 nitrogen and oxygen atoms in total. The van der Waals surface area contributed by atoms with Gasteiger partial charge < -0.3 is 5.32 Å². The van der Waals surface area contributed by atoms with Gasteiger partial charge in [0.2, 0.25) is 5.91 Å². The molecule has 1 N–H and O–H groups in total. The van der Waals surface area contributed by atoms with Crippen molar-refractivity contribution in [1.29, 1.82) is 0 Å². The van der Waals surface area contributed by atoms with Gasteiger partial charge in [0.25, 0.3) is 0 Å². The smallest absolute Gasteiger partial charge is 0.222 e. The van der Waals surface area contributed by atoms with Gasteiger partial charge in [0, 0.05) is 57.6 Å². The number of carbonyl (C=O) groups excluding carboxylic acids is 1. The zero-order valence-electron chi connectivity index (χ0n) is 14.0. The zero-order valence-corrected chi connectivity index (χ0v) is 14.0. The lowest BCUT2D eigenvalue weighted by atomic mass is 10.2. The second-order valence-corrected chi connectivity index (χ2v) is 6.17. The summed E-state index contributed by atoms with van der Waals surface area (Å²) in [7, 11) is 1.97. The maximum absolute atomic E-state index is 11.1. The molecular formula is C16H24N6O. The Bertz CT molecular complexity index is 689. The van der Waals surface area contributed by atoms with Crippen LogP contribution in [-0.2, 0) is 24.8 Å². The van der Waals surface area contributed by atoms with Gasteiger partial charge in [0.1, 0.15) is 0 Å². The van der Waals surface area contributed by atoms with Crippen LogP contribution in [0.1, 0.15) is 37.6 Å². The van der Waals surface area contributed by atoms with Crippen molar-refractivity contribution in [3.8, 4) is 0 Å². The molecular weight excluding hydrogens is 292 g/mol. The Morgan fingerprint density at radius 1 is 1.43 bits per heavy atom. The molecule has 124 valence electrons. The molecule has 7 heteroatoms. The lowest BCUT2D eigenvalue weighted by Gasteiger charge is -2.16. The van der Waals surface area contributed by atoms with Crippen molar-refractivity contribution >= 4 is 11.7 Å². The van der Waals surface area contributed by atoms with Crippen LogP contribution in [0.25, 0.3) is 0 Å². The van der Waals surface area contributed by atoms with Crippen LogP contribution in [-0.4, -0.2) is 43.5 Å². The summed E-state index contributed by atoms with van der Waals surface area (Å²) in [5.41, 5.74) is 2.50. The Kier molecular flexibility index (Phi) is 4.47. The van der Waals surface area contributed by atoms with E-state index in [2.05, 4.69) is 33.5 Å². The summed E-state index contributed by atoms with van der Waals surface area (Å²) in [6.45, 7) is 6.60. The van der Waals surface area contributed by atoms with Crippen LogP contribution >= 0.6 is 0 Å². The molecule has 23 heavy (non-hydrogen) atoms. The lowest BCUT2D eigenvalue weighted by Crippen LogP contribution is -2.22. The predicted molar refractivity (Wildman–Crippen MR) is 88.0 cm³/mol. The van der Waals surface area contributed by atoms with Crippen LogP contribution in [0.3, 0.4) is 0 Å². The molecule has 0 bridgehead atoms. The first kappa shape index (κ1) is 15.7. The normalized spacial score (nSPS) is 18.5. The summed E-state index contributed by atoms with van der Waals surface area (Å²) in [6, 6.07) is 2.21. The summed E-state index contributed by atoms with van der Waals surface area (Å²) < 4.78 is 3.87. The minimum absolute atomic E-state index is 0.0908. The summed E-state index contributed by atoms with van der Waals surface area (Å²) in [6.07, 6.45) is 6.10. The van der Waals surface area contributed by atoms with Crippen LogP contribution in [0.4, 0.5) is 5.82 Å². The molecule has 1 aliphatic rings. The van der Waals surface area contributed by atoms with Crippen LogP contribution in [0.15, 0.2) is 18.5 Å². The van der Waals surface area contributed by atoms with Crippen molar-refractivity contribution in [1.82, 2.24) is 24.5 Å². The van der Waals surface area contributed by atoms with E-state index in [-0.39, 0.29) is 5.91 Å². The molecule has 0 spiro atoms. The van der Waals surface area contributed by atoms with Gasteiger partial charge >= 0.3 is 0 Å². The Balaban J connectivity index is 1.62. The van der Waals surface area contributed by atoms with Crippen molar-refractivity contribution < 1.29 is 4.79 Å². The summed E-state index contributed by atoms with van der Waals surface area (Å²) in [5.74, 6) is 0.531. The quantitative estimate of drug-likeness (QED) is 0.909. The van der Waals surface area contributed by atoms with Gasteiger partial charge in [0.05, 0.1) is 11.7 Å². The number of likely N-dealkylation sites (tertiary alicyclic amines) is 1. The summed E-state index contributed by atoms with van der Waals surface area (Å²) in [4.78, 5) is 13.5. The maximum atomic E-state index is 11.1. The highest BCUT2D eigenvalue weighted by molar-refractivity contribution is 5.87. The molecule has 1 amide bonds. The minimum atomic E-state index is -0.0908. The van der Waals surface area contributed by atoms with E-state index < -0.39 is 0 Å². The number of nitrogens with zero attached hydrogens (tertiary/aromatic N) is 5. The van der Waals surface area contributed by atoms with Gasteiger partial charge in [-0.15, -0.1) is 0 Å². The van der Waals surface area contributed by atoms with Crippen LogP contribution < -0.4 is 5.32 Å². The number of aryl methyl sites for hydroxylation is 2. The third kappa shape index (κ3) is 3.61. The van der Waals surface area contributed by atoms with Gasteiger partial charge in [-0.3, -0.25) is 19.1 Å². The standard InChI is InChI=1S/C16H24N6O/c1-4-15-13(9-20(3)18-15)10-21-7-5-14(11-21)22-8-6-16(19-22)17-12(2)23/h6,8-9,14H,4-5,7,10-11H2,1-3H3,(H,17,19,23)/t14-/m1/s1. The second kappa shape index (κ2) is 6.54. The van der Waals surface area contributed by atoms with Gasteiger partial charge in [0.15, 0.2) is 5.82 Å². The molecule has 2 aromatic rings. The fourth-order valence-corrected chi connectivity index (χ4v) is 3.21. The van der Waals surface area contributed by atoms with Crippen LogP contribution in [0, 0.1) is 0 Å². The number of hydrogen-bond donors (Lipinski definition) is 1. The van der Waals surface area contributed by atoms with Crippen molar-refractivity contribution in [2.24, 2.45) is 7.05 Å². The van der Waals surface area contributed by atoms with Crippen molar-refractivity contribution in [2.45, 2.75) is 39.3 Å². The third-order valence-corrected chi connectivity index (χ3v) is 4.25. The Morgan fingerprint density at radius 3 is 3.00 bits per heavy atom. The summed E-state index contributed by atoms with van der Waals surface area (Å²) >= 11 is 0. The molecule has 1 aliphatic heterocycles. The van der Waals surface area contributed by atoms with E-state index in [9.17, 15) is 4.79 Å². The molecule has 0 unspecified atom stereocenters. The lowest BCUT2D eigenvalue weighted by molar-refractivity contribution is -0.114. The molecule has 3 heterocycles. The number of anilines is 1. The van der Waals surface area contributed by atoms with E-state index >= 15 is 0 Å². The molecule has 1 atom stereocenters. The number of nitrogens with one attached hydrogen (secondary N) is 1. The Hall–Kier alpha value is -2.15. The first-order chi connectivity index (χ1) is 11.0. The molecule has 1 saturated heterocycles. The number of amides is 1. The van der Waals surface area contributed by atoms with Gasteiger partial charge in [-0.05, 0) is 12.8 Å². The highest BCUT2D eigenvalue weighted by Gasteiger charge is 2.25. The molecule has 0 aliphatic carbocycles. The Morgan fingerprint density at radius 2 is 2.26 bits per heavy atom. The largest absolute Gasteiger partial charge is 0.309 e. The SMILES string of the molecule is CCc1nn(C)cc1CN1CC[C@@H](n2ccc(NC(C)=O)n2)C1. The van der Waals surface area contributed by atoms with Gasteiger partial charge in [-0.25, -0.2) is 0 Å². The average molecular weight is 316 g/mol. The fourth-order valence-electron chi connectivity index (χ4n) is 3.21. The maximum Gasteiger partial charge on any atom is 0.222 e. The van der Waals surface area contributed by atoms with E-state index in [1.165, 1.54) is 18.2 Å². The fraction of sp³-hybridized carbons (Fsp3) is 0.562. The second-order valence-electron chi connectivity index (χ2n) is 6.17. The van der Waals surface area contributed by atoms with E-state index in [1.54, 1.807) is 0 Å². The predicted octanol–water partition coefficient (Wildman–Crippen LogP) is 1.58. The van der Waals surface area contributed by atoms with Crippen LogP contribution in [0.5, 0.6) is 0 Å². The van der Waals surface area contributed by atoms with E-state index in [4.69, 9.17) is 0 Å². The van der Waals surface area contributed by atoms with E-state index in [1.807, 2.05) is 28.7 Å². The van der Waals surface area contributed by atoms with Crippen molar-refractivity contribution in [3.63, 3.8) is 0 Å². The number of aromatic nitrogens is 4. The first-order valence-electron chi connectivity index (χ1n) is 8.11. The molecule has 3 rings (SSSR count). The Labute approximate surface area is 136 Å². The molecule has 0 aromatic carbocycles. The zero-order chi connectivity index (χ0) is 16.4. The van der Waals surface area contributed by atoms with Gasteiger partial charge in [-0.2, -0.15) is 10.2 Å². The van der Waals surface area contributed by atoms with E-state index in [0.29, 0.717) is 11.9 Å². The molecule has 1 fully saturated rings. The summed E-state index contributed by atoms with van der Waals surface area (Å²) in [5, 5.41) is 11.7.